The summed E-state index contributed by atoms with van der Waals surface area (Å²) in [5.74, 6) is 1.89. The van der Waals surface area contributed by atoms with Crippen LogP contribution in [0.3, 0.4) is 0 Å². The second-order valence-corrected chi connectivity index (χ2v) is 9.38. The zero-order valence-electron chi connectivity index (χ0n) is 13.1. The maximum Gasteiger partial charge on any atom is 0.211 e. The lowest BCUT2D eigenvalue weighted by molar-refractivity contribution is 0.130. The molecule has 4 atom stereocenters. The Kier molecular flexibility index (Phi) is 4.82. The van der Waals surface area contributed by atoms with Crippen LogP contribution in [-0.4, -0.2) is 37.6 Å². The number of nitrogens with two attached hydrogens (primary N) is 1. The molecular weight excluding hydrogens is 272 g/mol. The molecule has 1 saturated carbocycles. The maximum atomic E-state index is 11.7. The van der Waals surface area contributed by atoms with Crippen molar-refractivity contribution >= 4 is 10.0 Å². The summed E-state index contributed by atoms with van der Waals surface area (Å²) in [5, 5.41) is 0. The van der Waals surface area contributed by atoms with E-state index < -0.39 is 10.0 Å². The summed E-state index contributed by atoms with van der Waals surface area (Å²) in [6, 6.07) is 0. The zero-order valence-corrected chi connectivity index (χ0v) is 14.0. The highest BCUT2D eigenvalue weighted by atomic mass is 32.2. The zero-order chi connectivity index (χ0) is 15.0. The number of nitrogens with zero attached hydrogens (tertiary/aromatic N) is 1. The molecule has 118 valence electrons. The van der Waals surface area contributed by atoms with Crippen LogP contribution < -0.4 is 5.73 Å². The minimum absolute atomic E-state index is 0.0723. The van der Waals surface area contributed by atoms with Crippen molar-refractivity contribution in [2.24, 2.45) is 23.5 Å². The highest BCUT2D eigenvalue weighted by molar-refractivity contribution is 7.88. The Morgan fingerprint density at radius 1 is 1.25 bits per heavy atom. The van der Waals surface area contributed by atoms with Crippen LogP contribution in [0.5, 0.6) is 0 Å². The molecule has 1 aliphatic heterocycles. The summed E-state index contributed by atoms with van der Waals surface area (Å²) >= 11 is 0. The van der Waals surface area contributed by atoms with Crippen molar-refractivity contribution in [2.45, 2.75) is 57.9 Å². The lowest BCUT2D eigenvalue weighted by atomic mass is 9.68. The first kappa shape index (κ1) is 16.2. The van der Waals surface area contributed by atoms with E-state index in [4.69, 9.17) is 5.73 Å². The normalized spacial score (nSPS) is 40.7. The summed E-state index contributed by atoms with van der Waals surface area (Å²) in [6.45, 7) is 5.97. The molecule has 0 aromatic rings. The molecule has 0 radical (unpaired) electrons. The van der Waals surface area contributed by atoms with Gasteiger partial charge < -0.3 is 5.73 Å². The first-order valence-electron chi connectivity index (χ1n) is 7.94. The van der Waals surface area contributed by atoms with Crippen molar-refractivity contribution in [2.75, 3.05) is 19.3 Å². The summed E-state index contributed by atoms with van der Waals surface area (Å²) < 4.78 is 25.0. The van der Waals surface area contributed by atoms with Crippen LogP contribution in [0.25, 0.3) is 0 Å². The molecular formula is C15H30N2O2S. The van der Waals surface area contributed by atoms with E-state index in [-0.39, 0.29) is 5.54 Å². The van der Waals surface area contributed by atoms with Crippen molar-refractivity contribution < 1.29 is 8.42 Å². The van der Waals surface area contributed by atoms with Gasteiger partial charge in [-0.2, -0.15) is 0 Å². The van der Waals surface area contributed by atoms with Gasteiger partial charge in [-0.1, -0.05) is 13.8 Å². The van der Waals surface area contributed by atoms with Gasteiger partial charge in [0, 0.05) is 18.6 Å². The molecule has 0 bridgehead atoms. The predicted molar refractivity (Wildman–Crippen MR) is 82.9 cm³/mol. The average molecular weight is 302 g/mol. The molecule has 1 aliphatic carbocycles. The number of sulfonamides is 1. The molecule has 2 fully saturated rings. The van der Waals surface area contributed by atoms with E-state index in [1.807, 2.05) is 0 Å². The highest BCUT2D eigenvalue weighted by Crippen LogP contribution is 2.39. The summed E-state index contributed by atoms with van der Waals surface area (Å²) in [7, 11) is -3.05. The molecule has 2 N–H and O–H groups in total. The van der Waals surface area contributed by atoms with Crippen LogP contribution in [0.2, 0.25) is 0 Å². The molecule has 2 aliphatic rings. The number of rotatable bonds is 3. The minimum atomic E-state index is -3.05. The number of hydrogen-bond acceptors (Lipinski definition) is 3. The van der Waals surface area contributed by atoms with Gasteiger partial charge in [-0.3, -0.25) is 0 Å². The number of hydrogen-bond donors (Lipinski definition) is 1. The van der Waals surface area contributed by atoms with Crippen molar-refractivity contribution in [3.05, 3.63) is 0 Å². The molecule has 5 heteroatoms. The fourth-order valence-electron chi connectivity index (χ4n) is 4.00. The fourth-order valence-corrected chi connectivity index (χ4v) is 4.94. The van der Waals surface area contributed by atoms with Gasteiger partial charge in [-0.25, -0.2) is 12.7 Å². The van der Waals surface area contributed by atoms with Crippen LogP contribution in [0, 0.1) is 17.8 Å². The summed E-state index contributed by atoms with van der Waals surface area (Å²) in [5.41, 5.74) is 6.56. The molecule has 4 nitrogen and oxygen atoms in total. The third-order valence-electron chi connectivity index (χ3n) is 5.44. The van der Waals surface area contributed by atoms with Crippen molar-refractivity contribution in [1.29, 1.82) is 0 Å². The largest absolute Gasteiger partial charge is 0.325 e. The molecule has 20 heavy (non-hydrogen) atoms. The molecule has 0 amide bonds. The molecule has 1 saturated heterocycles. The molecule has 0 aromatic carbocycles. The third-order valence-corrected chi connectivity index (χ3v) is 6.71. The average Bonchev–Trinajstić information content (AvgIpc) is 2.33. The minimum Gasteiger partial charge on any atom is -0.325 e. The van der Waals surface area contributed by atoms with Gasteiger partial charge in [-0.05, 0) is 56.3 Å². The lowest BCUT2D eigenvalue weighted by Gasteiger charge is -2.43. The Labute approximate surface area is 124 Å². The van der Waals surface area contributed by atoms with E-state index in [2.05, 4.69) is 13.8 Å². The Hall–Kier alpha value is -0.130. The molecule has 2 rings (SSSR count). The van der Waals surface area contributed by atoms with E-state index in [1.54, 1.807) is 4.31 Å². The van der Waals surface area contributed by atoms with Crippen molar-refractivity contribution in [3.63, 3.8) is 0 Å². The Morgan fingerprint density at radius 3 is 2.55 bits per heavy atom. The summed E-state index contributed by atoms with van der Waals surface area (Å²) in [6.07, 6.45) is 7.78. The van der Waals surface area contributed by atoms with Gasteiger partial charge >= 0.3 is 0 Å². The lowest BCUT2D eigenvalue weighted by Crippen LogP contribution is -2.49. The van der Waals surface area contributed by atoms with Crippen LogP contribution >= 0.6 is 0 Å². The van der Waals surface area contributed by atoms with Gasteiger partial charge in [0.25, 0.3) is 0 Å². The van der Waals surface area contributed by atoms with Gasteiger partial charge in [0.2, 0.25) is 10.0 Å². The van der Waals surface area contributed by atoms with Gasteiger partial charge in [-0.15, -0.1) is 0 Å². The number of piperidine rings is 1. The fraction of sp³-hybridized carbons (Fsp3) is 1.00. The highest BCUT2D eigenvalue weighted by Gasteiger charge is 2.37. The van der Waals surface area contributed by atoms with E-state index in [1.165, 1.54) is 12.7 Å². The quantitative estimate of drug-likeness (QED) is 0.869. The van der Waals surface area contributed by atoms with E-state index >= 15 is 0 Å². The van der Waals surface area contributed by atoms with Crippen molar-refractivity contribution in [1.82, 2.24) is 4.31 Å². The Balaban J connectivity index is 1.96. The maximum absolute atomic E-state index is 11.7. The van der Waals surface area contributed by atoms with E-state index in [9.17, 15) is 8.42 Å². The van der Waals surface area contributed by atoms with Crippen LogP contribution in [0.15, 0.2) is 0 Å². The molecule has 4 unspecified atom stereocenters. The summed E-state index contributed by atoms with van der Waals surface area (Å²) in [4.78, 5) is 0. The van der Waals surface area contributed by atoms with Crippen LogP contribution in [0.1, 0.15) is 52.4 Å². The SMILES string of the molecule is CC1CCC(N)(CC2CCCN(S(C)(=O)=O)C2)CC1C. The topological polar surface area (TPSA) is 63.4 Å². The molecule has 0 aromatic heterocycles. The van der Waals surface area contributed by atoms with E-state index in [0.717, 1.165) is 38.0 Å². The predicted octanol–water partition coefficient (Wildman–Crippen LogP) is 2.20. The second-order valence-electron chi connectivity index (χ2n) is 7.39. The monoisotopic (exact) mass is 302 g/mol. The standard InChI is InChI=1S/C15H30N2O2S/c1-12-6-7-15(16,9-13(12)2)10-14-5-4-8-17(11-14)20(3,18)19/h12-14H,4-11,16H2,1-3H3. The van der Waals surface area contributed by atoms with Gasteiger partial charge in [0.05, 0.1) is 6.26 Å². The van der Waals surface area contributed by atoms with Gasteiger partial charge in [0.15, 0.2) is 0 Å². The van der Waals surface area contributed by atoms with Crippen LogP contribution in [0.4, 0.5) is 0 Å². The van der Waals surface area contributed by atoms with Crippen molar-refractivity contribution in [3.8, 4) is 0 Å². The first-order chi connectivity index (χ1) is 9.20. The van der Waals surface area contributed by atoms with Crippen LogP contribution in [-0.2, 0) is 10.0 Å². The second kappa shape index (κ2) is 5.93. The smallest absolute Gasteiger partial charge is 0.211 e. The Morgan fingerprint density at radius 2 is 1.95 bits per heavy atom. The van der Waals surface area contributed by atoms with Gasteiger partial charge in [0.1, 0.15) is 0 Å². The molecule has 0 spiro atoms. The molecule has 1 heterocycles. The third kappa shape index (κ3) is 3.95. The Bertz CT molecular complexity index is 437. The van der Waals surface area contributed by atoms with E-state index in [0.29, 0.717) is 24.9 Å². The first-order valence-corrected chi connectivity index (χ1v) is 9.78.